The highest BCUT2D eigenvalue weighted by molar-refractivity contribution is 5.96. The fraction of sp³-hybridized carbons (Fsp3) is 0.409. The smallest absolute Gasteiger partial charge is 0.305 e. The van der Waals surface area contributed by atoms with E-state index in [4.69, 9.17) is 5.11 Å². The minimum Gasteiger partial charge on any atom is -0.508 e. The summed E-state index contributed by atoms with van der Waals surface area (Å²) in [7, 11) is 0. The van der Waals surface area contributed by atoms with Crippen LogP contribution in [-0.2, 0) is 27.2 Å². The van der Waals surface area contributed by atoms with Crippen LogP contribution in [0.3, 0.4) is 0 Å². The van der Waals surface area contributed by atoms with Gasteiger partial charge in [-0.25, -0.2) is 4.98 Å². The average molecular weight is 442 g/mol. The maximum atomic E-state index is 12.9. The molecule has 1 aromatic carbocycles. The van der Waals surface area contributed by atoms with E-state index in [9.17, 15) is 24.3 Å². The fourth-order valence-electron chi connectivity index (χ4n) is 3.76. The molecule has 0 radical (unpaired) electrons. The molecule has 32 heavy (non-hydrogen) atoms. The maximum absolute atomic E-state index is 12.9. The van der Waals surface area contributed by atoms with E-state index < -0.39 is 36.3 Å². The summed E-state index contributed by atoms with van der Waals surface area (Å²) in [4.78, 5) is 55.9. The van der Waals surface area contributed by atoms with Crippen molar-refractivity contribution >= 4 is 24.1 Å². The van der Waals surface area contributed by atoms with Crippen molar-refractivity contribution in [3.05, 3.63) is 47.5 Å². The Morgan fingerprint density at radius 3 is 2.69 bits per heavy atom. The molecule has 10 heteroatoms. The Balaban J connectivity index is 1.56. The SMILES string of the molecule is O=C[C@H](CC(=O)O)NC(=O)[C@@H]1CCCN1C(=O)c1ncc(CCCc2ccc(O)cc2)[nH]1. The molecule has 0 unspecified atom stereocenters. The van der Waals surface area contributed by atoms with Crippen molar-refractivity contribution in [2.24, 2.45) is 0 Å². The third-order valence-electron chi connectivity index (χ3n) is 5.38. The number of imidazole rings is 1. The molecule has 0 spiro atoms. The minimum atomic E-state index is -1.20. The average Bonchev–Trinajstić information content (AvgIpc) is 3.44. The molecule has 1 saturated heterocycles. The zero-order valence-electron chi connectivity index (χ0n) is 17.5. The lowest BCUT2D eigenvalue weighted by Crippen LogP contribution is -2.49. The van der Waals surface area contributed by atoms with Gasteiger partial charge in [0.15, 0.2) is 5.82 Å². The quantitative estimate of drug-likeness (QED) is 0.401. The Kier molecular flexibility index (Phi) is 7.58. The van der Waals surface area contributed by atoms with Crippen LogP contribution in [0, 0.1) is 0 Å². The normalized spacial score (nSPS) is 16.5. The van der Waals surface area contributed by atoms with Crippen molar-refractivity contribution in [1.29, 1.82) is 0 Å². The first-order valence-electron chi connectivity index (χ1n) is 10.5. The second-order valence-corrected chi connectivity index (χ2v) is 7.78. The number of phenols is 1. The van der Waals surface area contributed by atoms with Gasteiger partial charge in [0, 0.05) is 18.4 Å². The molecule has 4 N–H and O–H groups in total. The van der Waals surface area contributed by atoms with E-state index in [0.717, 1.165) is 24.1 Å². The zero-order chi connectivity index (χ0) is 23.1. The molecule has 0 bridgehead atoms. The molecular weight excluding hydrogens is 416 g/mol. The number of amides is 2. The maximum Gasteiger partial charge on any atom is 0.305 e. The van der Waals surface area contributed by atoms with Crippen molar-refractivity contribution in [2.45, 2.75) is 50.6 Å². The van der Waals surface area contributed by atoms with Gasteiger partial charge >= 0.3 is 5.97 Å². The summed E-state index contributed by atoms with van der Waals surface area (Å²) in [6.45, 7) is 0.374. The molecule has 2 aromatic rings. The number of nitrogens with zero attached hydrogens (tertiary/aromatic N) is 2. The Morgan fingerprint density at radius 1 is 1.25 bits per heavy atom. The lowest BCUT2D eigenvalue weighted by molar-refractivity contribution is -0.139. The number of aromatic hydroxyl groups is 1. The minimum absolute atomic E-state index is 0.141. The number of carboxylic acid groups (broad SMARTS) is 1. The second-order valence-electron chi connectivity index (χ2n) is 7.78. The number of carbonyl (C=O) groups is 4. The van der Waals surface area contributed by atoms with Gasteiger partial charge in [-0.05, 0) is 49.8 Å². The topological polar surface area (TPSA) is 153 Å². The molecule has 2 atom stereocenters. The Labute approximate surface area is 184 Å². The lowest BCUT2D eigenvalue weighted by Gasteiger charge is -2.24. The molecule has 1 aliphatic heterocycles. The van der Waals surface area contributed by atoms with Crippen LogP contribution >= 0.6 is 0 Å². The summed E-state index contributed by atoms with van der Waals surface area (Å²) in [5.41, 5.74) is 1.90. The summed E-state index contributed by atoms with van der Waals surface area (Å²) < 4.78 is 0. The van der Waals surface area contributed by atoms with Gasteiger partial charge in [0.05, 0.1) is 12.5 Å². The predicted molar refractivity (Wildman–Crippen MR) is 113 cm³/mol. The van der Waals surface area contributed by atoms with Gasteiger partial charge < -0.3 is 30.2 Å². The molecule has 0 aliphatic carbocycles. The van der Waals surface area contributed by atoms with Crippen LogP contribution in [0.2, 0.25) is 0 Å². The van der Waals surface area contributed by atoms with Crippen molar-refractivity contribution < 1.29 is 29.4 Å². The Hall–Kier alpha value is -3.69. The Bertz CT molecular complexity index is 971. The van der Waals surface area contributed by atoms with Crippen LogP contribution in [-0.4, -0.2) is 67.8 Å². The van der Waals surface area contributed by atoms with E-state index in [0.29, 0.717) is 32.1 Å². The standard InChI is InChI=1S/C22H26N4O6/c27-13-16(11-19(29)30)25-21(31)18-5-2-10-26(18)22(32)20-23-12-15(24-20)4-1-3-14-6-8-17(28)9-7-14/h6-9,12-13,16,18,28H,1-5,10-11H2,(H,23,24)(H,25,31)(H,29,30)/t16-,18-/m0/s1. The van der Waals surface area contributed by atoms with Gasteiger partial charge in [0.25, 0.3) is 5.91 Å². The van der Waals surface area contributed by atoms with Crippen LogP contribution in [0.4, 0.5) is 0 Å². The first-order valence-corrected chi connectivity index (χ1v) is 10.5. The number of H-pyrrole nitrogens is 1. The number of carboxylic acids is 1. The first-order chi connectivity index (χ1) is 15.4. The largest absolute Gasteiger partial charge is 0.508 e. The highest BCUT2D eigenvalue weighted by Gasteiger charge is 2.36. The number of aryl methyl sites for hydroxylation is 2. The molecule has 3 rings (SSSR count). The van der Waals surface area contributed by atoms with Crippen LogP contribution in [0.25, 0.3) is 0 Å². The van der Waals surface area contributed by atoms with Gasteiger partial charge in [-0.3, -0.25) is 14.4 Å². The summed E-state index contributed by atoms with van der Waals surface area (Å²) in [5, 5.41) is 20.6. The number of aldehydes is 1. The monoisotopic (exact) mass is 442 g/mol. The number of likely N-dealkylation sites (tertiary alicyclic amines) is 1. The number of hydrogen-bond donors (Lipinski definition) is 4. The highest BCUT2D eigenvalue weighted by Crippen LogP contribution is 2.20. The molecule has 2 amide bonds. The molecule has 1 fully saturated rings. The number of hydrogen-bond acceptors (Lipinski definition) is 6. The van der Waals surface area contributed by atoms with E-state index >= 15 is 0 Å². The van der Waals surface area contributed by atoms with Gasteiger partial charge in [0.1, 0.15) is 18.1 Å². The van der Waals surface area contributed by atoms with E-state index in [1.807, 2.05) is 12.1 Å². The van der Waals surface area contributed by atoms with Crippen LogP contribution in [0.5, 0.6) is 5.75 Å². The summed E-state index contributed by atoms with van der Waals surface area (Å²) in [6, 6.07) is 5.10. The molecule has 1 aromatic heterocycles. The number of phenolic OH excluding ortho intramolecular Hbond substituents is 1. The molecule has 170 valence electrons. The number of nitrogens with one attached hydrogen (secondary N) is 2. The van der Waals surface area contributed by atoms with Crippen LogP contribution in [0.15, 0.2) is 30.5 Å². The third-order valence-corrected chi connectivity index (χ3v) is 5.38. The molecule has 10 nitrogen and oxygen atoms in total. The van der Waals surface area contributed by atoms with Crippen molar-refractivity contribution in [2.75, 3.05) is 6.54 Å². The van der Waals surface area contributed by atoms with Gasteiger partial charge in [-0.15, -0.1) is 0 Å². The Morgan fingerprint density at radius 2 is 2.00 bits per heavy atom. The van der Waals surface area contributed by atoms with Crippen molar-refractivity contribution in [1.82, 2.24) is 20.2 Å². The summed E-state index contributed by atoms with van der Waals surface area (Å²) >= 11 is 0. The van der Waals surface area contributed by atoms with E-state index in [2.05, 4.69) is 15.3 Å². The second kappa shape index (κ2) is 10.6. The van der Waals surface area contributed by atoms with Crippen LogP contribution < -0.4 is 5.32 Å². The number of carbonyl (C=O) groups excluding carboxylic acids is 3. The first kappa shape index (κ1) is 23.0. The number of aromatic nitrogens is 2. The van der Waals surface area contributed by atoms with E-state index in [1.165, 1.54) is 4.90 Å². The number of aliphatic carboxylic acids is 1. The fourth-order valence-corrected chi connectivity index (χ4v) is 3.76. The molecule has 0 saturated carbocycles. The van der Waals surface area contributed by atoms with E-state index in [1.54, 1.807) is 18.3 Å². The van der Waals surface area contributed by atoms with Gasteiger partial charge in [0.2, 0.25) is 5.91 Å². The van der Waals surface area contributed by atoms with Crippen molar-refractivity contribution in [3.63, 3.8) is 0 Å². The lowest BCUT2D eigenvalue weighted by atomic mass is 10.1. The number of rotatable bonds is 10. The third kappa shape index (κ3) is 5.93. The highest BCUT2D eigenvalue weighted by atomic mass is 16.4. The summed E-state index contributed by atoms with van der Waals surface area (Å²) in [5.74, 6) is -1.79. The predicted octanol–water partition coefficient (Wildman–Crippen LogP) is 1.05. The summed E-state index contributed by atoms with van der Waals surface area (Å²) in [6.07, 6.45) is 4.83. The van der Waals surface area contributed by atoms with Gasteiger partial charge in [-0.2, -0.15) is 0 Å². The molecule has 1 aliphatic rings. The number of aromatic amines is 1. The van der Waals surface area contributed by atoms with E-state index in [-0.39, 0.29) is 11.6 Å². The van der Waals surface area contributed by atoms with Crippen LogP contribution in [0.1, 0.15) is 47.6 Å². The molecular formula is C22H26N4O6. The van der Waals surface area contributed by atoms with Gasteiger partial charge in [-0.1, -0.05) is 12.1 Å². The number of benzene rings is 1. The molecule has 2 heterocycles. The zero-order valence-corrected chi connectivity index (χ0v) is 17.5. The van der Waals surface area contributed by atoms with Crippen molar-refractivity contribution in [3.8, 4) is 5.75 Å².